The average molecular weight is 343 g/mol. The van der Waals surface area contributed by atoms with Crippen LogP contribution in [0.3, 0.4) is 0 Å². The minimum absolute atomic E-state index is 0.0701. The minimum Gasteiger partial charge on any atom is -0.381 e. The molecule has 1 aliphatic carbocycles. The molecule has 1 aliphatic rings. The lowest BCUT2D eigenvalue weighted by molar-refractivity contribution is 0.337. The van der Waals surface area contributed by atoms with E-state index in [2.05, 4.69) is 52.1 Å². The highest BCUT2D eigenvalue weighted by Gasteiger charge is 2.25. The second-order valence-electron chi connectivity index (χ2n) is 5.89. The monoisotopic (exact) mass is 342 g/mol. The molecule has 0 spiro atoms. The van der Waals surface area contributed by atoms with Gasteiger partial charge in [-0.05, 0) is 41.7 Å². The third kappa shape index (κ3) is 4.06. The van der Waals surface area contributed by atoms with Crippen LogP contribution in [0.15, 0.2) is 15.5 Å². The Hall–Kier alpha value is -0.880. The molecule has 1 saturated carbocycles. The molecule has 0 unspecified atom stereocenters. The number of anilines is 1. The topological polar surface area (TPSA) is 50.2 Å². The van der Waals surface area contributed by atoms with Crippen molar-refractivity contribution >= 4 is 21.6 Å². The van der Waals surface area contributed by atoms with Gasteiger partial charge >= 0.3 is 0 Å². The van der Waals surface area contributed by atoms with Crippen LogP contribution in [0.2, 0.25) is 0 Å². The van der Waals surface area contributed by atoms with E-state index in [0.29, 0.717) is 16.9 Å². The summed E-state index contributed by atoms with van der Waals surface area (Å²) in [5.74, 6) is 0.401. The SMILES string of the molecule is CC(C)Cn1ncc(NCCN(C)C2CC2)c(Br)c1=O. The maximum Gasteiger partial charge on any atom is 0.283 e. The first-order valence-corrected chi connectivity index (χ1v) is 7.98. The molecule has 1 aromatic rings. The van der Waals surface area contributed by atoms with Crippen molar-refractivity contribution in [1.82, 2.24) is 14.7 Å². The summed E-state index contributed by atoms with van der Waals surface area (Å²) in [7, 11) is 2.15. The fourth-order valence-corrected chi connectivity index (χ4v) is 2.58. The van der Waals surface area contributed by atoms with Gasteiger partial charge in [-0.3, -0.25) is 4.79 Å². The number of nitrogens with one attached hydrogen (secondary N) is 1. The van der Waals surface area contributed by atoms with E-state index in [9.17, 15) is 4.79 Å². The summed E-state index contributed by atoms with van der Waals surface area (Å²) in [6.07, 6.45) is 4.35. The Bertz CT molecular complexity index is 510. The molecule has 6 heteroatoms. The van der Waals surface area contributed by atoms with Crippen LogP contribution in [0.5, 0.6) is 0 Å². The third-order valence-corrected chi connectivity index (χ3v) is 4.24. The van der Waals surface area contributed by atoms with E-state index in [-0.39, 0.29) is 5.56 Å². The Morgan fingerprint density at radius 2 is 2.25 bits per heavy atom. The maximum absolute atomic E-state index is 12.1. The summed E-state index contributed by atoms with van der Waals surface area (Å²) in [4.78, 5) is 14.5. The quantitative estimate of drug-likeness (QED) is 0.824. The minimum atomic E-state index is -0.0701. The Balaban J connectivity index is 1.94. The Morgan fingerprint density at radius 1 is 1.55 bits per heavy atom. The molecule has 1 N–H and O–H groups in total. The smallest absolute Gasteiger partial charge is 0.283 e. The van der Waals surface area contributed by atoms with Gasteiger partial charge in [-0.1, -0.05) is 13.8 Å². The number of likely N-dealkylation sites (N-methyl/N-ethyl adjacent to an activating group) is 1. The number of hydrogen-bond acceptors (Lipinski definition) is 4. The average Bonchev–Trinajstić information content (AvgIpc) is 3.21. The van der Waals surface area contributed by atoms with Gasteiger partial charge in [0.1, 0.15) is 4.47 Å². The van der Waals surface area contributed by atoms with Crippen molar-refractivity contribution in [3.8, 4) is 0 Å². The van der Waals surface area contributed by atoms with Crippen molar-refractivity contribution < 1.29 is 0 Å². The zero-order valence-electron chi connectivity index (χ0n) is 12.4. The lowest BCUT2D eigenvalue weighted by atomic mass is 10.2. The summed E-state index contributed by atoms with van der Waals surface area (Å²) in [5.41, 5.74) is 0.707. The summed E-state index contributed by atoms with van der Waals surface area (Å²) in [6, 6.07) is 0.761. The maximum atomic E-state index is 12.1. The number of halogens is 1. The largest absolute Gasteiger partial charge is 0.381 e. The summed E-state index contributed by atoms with van der Waals surface area (Å²) < 4.78 is 2.08. The van der Waals surface area contributed by atoms with Crippen LogP contribution in [0, 0.1) is 5.92 Å². The van der Waals surface area contributed by atoms with E-state index in [1.807, 2.05) is 0 Å². The first-order valence-electron chi connectivity index (χ1n) is 7.18. The summed E-state index contributed by atoms with van der Waals surface area (Å²) in [5, 5.41) is 7.51. The highest BCUT2D eigenvalue weighted by atomic mass is 79.9. The fraction of sp³-hybridized carbons (Fsp3) is 0.714. The number of hydrogen-bond donors (Lipinski definition) is 1. The van der Waals surface area contributed by atoms with Crippen molar-refractivity contribution in [1.29, 1.82) is 0 Å². The highest BCUT2D eigenvalue weighted by molar-refractivity contribution is 9.10. The van der Waals surface area contributed by atoms with Gasteiger partial charge < -0.3 is 10.2 Å². The third-order valence-electron chi connectivity index (χ3n) is 3.47. The molecule has 5 nitrogen and oxygen atoms in total. The van der Waals surface area contributed by atoms with Crippen molar-refractivity contribution in [3.05, 3.63) is 21.0 Å². The molecule has 0 atom stereocenters. The molecule has 1 fully saturated rings. The lowest BCUT2D eigenvalue weighted by Gasteiger charge is -2.17. The summed E-state index contributed by atoms with van der Waals surface area (Å²) >= 11 is 3.38. The van der Waals surface area contributed by atoms with Crippen LogP contribution >= 0.6 is 15.9 Å². The molecule has 0 amide bonds. The first kappa shape index (κ1) is 15.5. The van der Waals surface area contributed by atoms with Crippen LogP contribution < -0.4 is 10.9 Å². The van der Waals surface area contributed by atoms with Crippen LogP contribution in [-0.2, 0) is 6.54 Å². The fourth-order valence-electron chi connectivity index (χ4n) is 2.13. The van der Waals surface area contributed by atoms with Gasteiger partial charge in [-0.15, -0.1) is 0 Å². The van der Waals surface area contributed by atoms with E-state index in [1.54, 1.807) is 6.20 Å². The zero-order valence-corrected chi connectivity index (χ0v) is 14.0. The predicted octanol–water partition coefficient (Wildman–Crippen LogP) is 2.17. The lowest BCUT2D eigenvalue weighted by Crippen LogP contribution is -2.29. The van der Waals surface area contributed by atoms with Gasteiger partial charge in [0.05, 0.1) is 11.9 Å². The van der Waals surface area contributed by atoms with Gasteiger partial charge in [0.25, 0.3) is 5.56 Å². The van der Waals surface area contributed by atoms with Crippen LogP contribution in [0.4, 0.5) is 5.69 Å². The van der Waals surface area contributed by atoms with Crippen molar-refractivity contribution in [2.75, 3.05) is 25.5 Å². The number of rotatable bonds is 7. The van der Waals surface area contributed by atoms with Crippen LogP contribution in [0.1, 0.15) is 26.7 Å². The molecular formula is C14H23BrN4O. The zero-order chi connectivity index (χ0) is 14.7. The van der Waals surface area contributed by atoms with Crippen LogP contribution in [-0.4, -0.2) is 40.9 Å². The summed E-state index contributed by atoms with van der Waals surface area (Å²) in [6.45, 7) is 6.58. The molecule has 1 heterocycles. The van der Waals surface area contributed by atoms with E-state index < -0.39 is 0 Å². The van der Waals surface area contributed by atoms with Gasteiger partial charge in [0, 0.05) is 25.7 Å². The Kier molecular flexibility index (Phi) is 5.21. The normalized spacial score (nSPS) is 15.1. The highest BCUT2D eigenvalue weighted by Crippen LogP contribution is 2.25. The van der Waals surface area contributed by atoms with Crippen molar-refractivity contribution in [2.24, 2.45) is 5.92 Å². The van der Waals surface area contributed by atoms with Crippen molar-refractivity contribution in [3.63, 3.8) is 0 Å². The van der Waals surface area contributed by atoms with E-state index in [0.717, 1.165) is 24.8 Å². The number of aromatic nitrogens is 2. The molecule has 112 valence electrons. The van der Waals surface area contributed by atoms with E-state index in [4.69, 9.17) is 0 Å². The Morgan fingerprint density at radius 3 is 2.85 bits per heavy atom. The molecule has 1 aromatic heterocycles. The second kappa shape index (κ2) is 6.72. The standard InChI is InChI=1S/C14H23BrN4O/c1-10(2)9-19-14(20)13(15)12(8-17-19)16-6-7-18(3)11-4-5-11/h8,10-11,16H,4-7,9H2,1-3H3. The molecule has 0 saturated heterocycles. The van der Waals surface area contributed by atoms with E-state index in [1.165, 1.54) is 17.5 Å². The predicted molar refractivity (Wildman–Crippen MR) is 85.2 cm³/mol. The molecule has 2 rings (SSSR count). The van der Waals surface area contributed by atoms with Gasteiger partial charge in [0.15, 0.2) is 0 Å². The second-order valence-corrected chi connectivity index (χ2v) is 6.68. The van der Waals surface area contributed by atoms with Crippen molar-refractivity contribution in [2.45, 2.75) is 39.3 Å². The molecule has 0 aromatic carbocycles. The molecule has 20 heavy (non-hydrogen) atoms. The Labute approximate surface area is 128 Å². The van der Waals surface area contributed by atoms with Gasteiger partial charge in [-0.2, -0.15) is 5.10 Å². The molecule has 0 radical (unpaired) electrons. The van der Waals surface area contributed by atoms with Crippen LogP contribution in [0.25, 0.3) is 0 Å². The van der Waals surface area contributed by atoms with E-state index >= 15 is 0 Å². The van der Waals surface area contributed by atoms with Gasteiger partial charge in [-0.25, -0.2) is 4.68 Å². The molecule has 0 bridgehead atoms. The molecular weight excluding hydrogens is 320 g/mol. The number of nitrogens with zero attached hydrogens (tertiary/aromatic N) is 3. The molecule has 0 aliphatic heterocycles. The first-order chi connectivity index (χ1) is 9.49. The van der Waals surface area contributed by atoms with Gasteiger partial charge in [0.2, 0.25) is 0 Å².